The third-order valence-electron chi connectivity index (χ3n) is 1.60. The zero-order valence-corrected chi connectivity index (χ0v) is 9.71. The fraction of sp³-hybridized carbons (Fsp3) is 0.778. The first-order valence-corrected chi connectivity index (χ1v) is 5.77. The van der Waals surface area contributed by atoms with Crippen molar-refractivity contribution in [3.63, 3.8) is 0 Å². The van der Waals surface area contributed by atoms with Crippen LogP contribution in [0.2, 0.25) is 0 Å². The number of aliphatic carboxylic acids is 1. The van der Waals surface area contributed by atoms with Crippen LogP contribution in [-0.2, 0) is 9.59 Å². The van der Waals surface area contributed by atoms with E-state index in [0.29, 0.717) is 5.25 Å². The molecule has 0 saturated heterocycles. The average molecular weight is 235 g/mol. The van der Waals surface area contributed by atoms with E-state index in [1.165, 1.54) is 11.8 Å². The van der Waals surface area contributed by atoms with Gasteiger partial charge < -0.3 is 15.5 Å². The summed E-state index contributed by atoms with van der Waals surface area (Å²) in [6.45, 7) is 3.66. The lowest BCUT2D eigenvalue weighted by Crippen LogP contribution is -2.42. The summed E-state index contributed by atoms with van der Waals surface area (Å²) in [6.07, 6.45) is 0.0351. The summed E-state index contributed by atoms with van der Waals surface area (Å²) in [7, 11) is 0. The Hall–Kier alpha value is -0.750. The van der Waals surface area contributed by atoms with E-state index in [2.05, 4.69) is 5.32 Å². The first kappa shape index (κ1) is 14.2. The van der Waals surface area contributed by atoms with E-state index in [1.807, 2.05) is 13.8 Å². The van der Waals surface area contributed by atoms with E-state index < -0.39 is 12.0 Å². The van der Waals surface area contributed by atoms with Gasteiger partial charge in [0, 0.05) is 13.0 Å². The van der Waals surface area contributed by atoms with Gasteiger partial charge in [-0.05, 0) is 5.25 Å². The lowest BCUT2D eigenvalue weighted by atomic mass is 10.2. The molecule has 1 amide bonds. The molecular weight excluding hydrogens is 218 g/mol. The molecule has 1 atom stereocenters. The number of amides is 1. The minimum absolute atomic E-state index is 0.0351. The maximum absolute atomic E-state index is 11.3. The fourth-order valence-corrected chi connectivity index (χ4v) is 1.43. The summed E-state index contributed by atoms with van der Waals surface area (Å²) in [4.78, 5) is 21.9. The van der Waals surface area contributed by atoms with Crippen LogP contribution in [0, 0.1) is 0 Å². The predicted molar refractivity (Wildman–Crippen MR) is 58.9 cm³/mol. The Balaban J connectivity index is 3.94. The third-order valence-corrected chi connectivity index (χ3v) is 2.69. The summed E-state index contributed by atoms with van der Waals surface area (Å²) in [5.74, 6) is -1.19. The Kier molecular flexibility index (Phi) is 7.15. The molecule has 3 N–H and O–H groups in total. The van der Waals surface area contributed by atoms with E-state index in [1.54, 1.807) is 0 Å². The topological polar surface area (TPSA) is 86.6 Å². The molecule has 0 bridgehead atoms. The van der Waals surface area contributed by atoms with Gasteiger partial charge in [-0.25, -0.2) is 4.79 Å². The minimum atomic E-state index is -1.12. The van der Waals surface area contributed by atoms with Gasteiger partial charge in [-0.3, -0.25) is 4.79 Å². The van der Waals surface area contributed by atoms with Crippen LogP contribution in [0.5, 0.6) is 0 Å². The van der Waals surface area contributed by atoms with Crippen LogP contribution in [0.25, 0.3) is 0 Å². The van der Waals surface area contributed by atoms with Crippen molar-refractivity contribution in [3.05, 3.63) is 0 Å². The quantitative estimate of drug-likeness (QED) is 0.582. The SMILES string of the molecule is CC(C)SCC(=O)NC(CCO)C(=O)O. The molecule has 0 aliphatic heterocycles. The molecule has 15 heavy (non-hydrogen) atoms. The minimum Gasteiger partial charge on any atom is -0.480 e. The largest absolute Gasteiger partial charge is 0.480 e. The Bertz CT molecular complexity index is 220. The van der Waals surface area contributed by atoms with Crippen LogP contribution < -0.4 is 5.32 Å². The van der Waals surface area contributed by atoms with E-state index in [4.69, 9.17) is 10.2 Å². The highest BCUT2D eigenvalue weighted by atomic mass is 32.2. The van der Waals surface area contributed by atoms with Crippen LogP contribution >= 0.6 is 11.8 Å². The smallest absolute Gasteiger partial charge is 0.326 e. The Morgan fingerprint density at radius 2 is 2.00 bits per heavy atom. The molecule has 0 heterocycles. The second-order valence-electron chi connectivity index (χ2n) is 3.33. The summed E-state index contributed by atoms with van der Waals surface area (Å²) in [5.41, 5.74) is 0. The fourth-order valence-electron chi connectivity index (χ4n) is 0.865. The summed E-state index contributed by atoms with van der Waals surface area (Å²) < 4.78 is 0. The van der Waals surface area contributed by atoms with Gasteiger partial charge in [-0.2, -0.15) is 0 Å². The Labute approximate surface area is 93.2 Å². The van der Waals surface area contributed by atoms with Crippen molar-refractivity contribution < 1.29 is 19.8 Å². The molecule has 0 rings (SSSR count). The Morgan fingerprint density at radius 1 is 1.40 bits per heavy atom. The molecule has 5 nitrogen and oxygen atoms in total. The van der Waals surface area contributed by atoms with Crippen molar-refractivity contribution >= 4 is 23.6 Å². The van der Waals surface area contributed by atoms with E-state index >= 15 is 0 Å². The molecule has 0 aromatic rings. The molecule has 0 radical (unpaired) electrons. The molecule has 0 aromatic carbocycles. The van der Waals surface area contributed by atoms with Gasteiger partial charge in [0.25, 0.3) is 0 Å². The molecule has 0 fully saturated rings. The van der Waals surface area contributed by atoms with Crippen LogP contribution in [0.15, 0.2) is 0 Å². The Morgan fingerprint density at radius 3 is 2.40 bits per heavy atom. The van der Waals surface area contributed by atoms with Crippen molar-refractivity contribution in [2.24, 2.45) is 0 Å². The summed E-state index contributed by atoms with van der Waals surface area (Å²) in [6, 6.07) is -0.990. The maximum atomic E-state index is 11.3. The number of rotatable bonds is 7. The van der Waals surface area contributed by atoms with Crippen LogP contribution in [0.3, 0.4) is 0 Å². The standard InChI is InChI=1S/C9H17NO4S/c1-6(2)15-5-8(12)10-7(3-4-11)9(13)14/h6-7,11H,3-5H2,1-2H3,(H,10,12)(H,13,14). The third kappa shape index (κ3) is 7.21. The highest BCUT2D eigenvalue weighted by Crippen LogP contribution is 2.08. The number of nitrogens with one attached hydrogen (secondary N) is 1. The predicted octanol–water partition coefficient (Wildman–Crippen LogP) is 0.0798. The second-order valence-corrected chi connectivity index (χ2v) is 4.90. The highest BCUT2D eigenvalue weighted by molar-refractivity contribution is 8.00. The van der Waals surface area contributed by atoms with Gasteiger partial charge in [0.05, 0.1) is 5.75 Å². The highest BCUT2D eigenvalue weighted by Gasteiger charge is 2.18. The first-order chi connectivity index (χ1) is 6.97. The zero-order valence-electron chi connectivity index (χ0n) is 8.90. The lowest BCUT2D eigenvalue weighted by Gasteiger charge is -2.13. The van der Waals surface area contributed by atoms with E-state index in [9.17, 15) is 9.59 Å². The van der Waals surface area contributed by atoms with Gasteiger partial charge in [0.1, 0.15) is 6.04 Å². The number of carbonyl (C=O) groups is 2. The maximum Gasteiger partial charge on any atom is 0.326 e. The number of thioether (sulfide) groups is 1. The van der Waals surface area contributed by atoms with Gasteiger partial charge in [-0.1, -0.05) is 13.8 Å². The molecular formula is C9H17NO4S. The number of carboxylic acids is 1. The molecule has 88 valence electrons. The molecule has 0 saturated carbocycles. The number of aliphatic hydroxyl groups excluding tert-OH is 1. The van der Waals surface area contributed by atoms with Crippen LogP contribution in [0.4, 0.5) is 0 Å². The van der Waals surface area contributed by atoms with Crippen molar-refractivity contribution in [1.29, 1.82) is 0 Å². The number of aliphatic hydroxyl groups is 1. The second kappa shape index (κ2) is 7.53. The zero-order chi connectivity index (χ0) is 11.8. The van der Waals surface area contributed by atoms with E-state index in [-0.39, 0.29) is 24.7 Å². The van der Waals surface area contributed by atoms with Crippen molar-refractivity contribution in [2.75, 3.05) is 12.4 Å². The molecule has 0 spiro atoms. The van der Waals surface area contributed by atoms with Crippen LogP contribution in [0.1, 0.15) is 20.3 Å². The molecule has 1 unspecified atom stereocenters. The number of hydrogen-bond acceptors (Lipinski definition) is 4. The summed E-state index contributed by atoms with van der Waals surface area (Å²) in [5, 5.41) is 20.0. The lowest BCUT2D eigenvalue weighted by molar-refractivity contribution is -0.141. The molecule has 0 aromatic heterocycles. The van der Waals surface area contributed by atoms with Crippen LogP contribution in [-0.4, -0.2) is 45.7 Å². The summed E-state index contributed by atoms with van der Waals surface area (Å²) >= 11 is 1.44. The first-order valence-electron chi connectivity index (χ1n) is 4.72. The van der Waals surface area contributed by atoms with Gasteiger partial charge in [-0.15, -0.1) is 11.8 Å². The molecule has 0 aliphatic rings. The van der Waals surface area contributed by atoms with Gasteiger partial charge in [0.15, 0.2) is 0 Å². The number of carboxylic acid groups (broad SMARTS) is 1. The molecule has 6 heteroatoms. The number of carbonyl (C=O) groups excluding carboxylic acids is 1. The van der Waals surface area contributed by atoms with Crippen molar-refractivity contribution in [1.82, 2.24) is 5.32 Å². The van der Waals surface area contributed by atoms with Crippen molar-refractivity contribution in [3.8, 4) is 0 Å². The monoisotopic (exact) mass is 235 g/mol. The van der Waals surface area contributed by atoms with Crippen molar-refractivity contribution in [2.45, 2.75) is 31.6 Å². The van der Waals surface area contributed by atoms with Gasteiger partial charge >= 0.3 is 5.97 Å². The molecule has 0 aliphatic carbocycles. The van der Waals surface area contributed by atoms with E-state index in [0.717, 1.165) is 0 Å². The number of hydrogen-bond donors (Lipinski definition) is 3. The normalized spacial score (nSPS) is 12.5. The average Bonchev–Trinajstić information content (AvgIpc) is 2.14. The van der Waals surface area contributed by atoms with Gasteiger partial charge in [0.2, 0.25) is 5.91 Å².